The zero-order valence-corrected chi connectivity index (χ0v) is 7.68. The molecule has 1 aliphatic rings. The van der Waals surface area contributed by atoms with E-state index in [9.17, 15) is 4.79 Å². The molecule has 0 saturated heterocycles. The summed E-state index contributed by atoms with van der Waals surface area (Å²) in [5.74, 6) is 0.123. The van der Waals surface area contributed by atoms with Gasteiger partial charge in [0.15, 0.2) is 0 Å². The Kier molecular flexibility index (Phi) is 1.42. The van der Waals surface area contributed by atoms with Gasteiger partial charge in [-0.1, -0.05) is 0 Å². The van der Waals surface area contributed by atoms with Crippen LogP contribution in [0.2, 0.25) is 0 Å². The summed E-state index contributed by atoms with van der Waals surface area (Å²) in [7, 11) is 0. The zero-order chi connectivity index (χ0) is 9.54. The van der Waals surface area contributed by atoms with Gasteiger partial charge in [0, 0.05) is 25.5 Å². The molecule has 0 saturated carbocycles. The Labute approximate surface area is 81.6 Å². The quantitative estimate of drug-likeness (QED) is 0.613. The van der Waals surface area contributed by atoms with E-state index in [1.54, 1.807) is 0 Å². The first kappa shape index (κ1) is 7.62. The van der Waals surface area contributed by atoms with Gasteiger partial charge in [-0.05, 0) is 24.3 Å². The number of rotatable bonds is 0. The summed E-state index contributed by atoms with van der Waals surface area (Å²) in [5.41, 5.74) is 1.59. The summed E-state index contributed by atoms with van der Waals surface area (Å²) in [4.78, 5) is 12.0. The second-order valence-electron chi connectivity index (χ2n) is 3.50. The molecule has 3 nitrogen and oxygen atoms in total. The molecular weight excluding hydrogens is 176 g/mol. The van der Waals surface area contributed by atoms with E-state index in [1.165, 1.54) is 0 Å². The predicted molar refractivity (Wildman–Crippen MR) is 52.3 cm³/mol. The predicted octanol–water partition coefficient (Wildman–Crippen LogP) is 1.53. The molecule has 3 heteroatoms. The molecule has 0 N–H and O–H groups in total. The second-order valence-corrected chi connectivity index (χ2v) is 3.50. The number of hydrogen-bond acceptors (Lipinski definition) is 1. The normalized spacial score (nSPS) is 14.7. The summed E-state index contributed by atoms with van der Waals surface area (Å²) in [6.45, 7) is 1.74. The fourth-order valence-electron chi connectivity index (χ4n) is 1.98. The van der Waals surface area contributed by atoms with Gasteiger partial charge >= 0.3 is 0 Å². The van der Waals surface area contributed by atoms with Crippen LogP contribution >= 0.6 is 0 Å². The van der Waals surface area contributed by atoms with Gasteiger partial charge in [-0.25, -0.2) is 0 Å². The summed E-state index contributed by atoms with van der Waals surface area (Å²) < 4.78 is 4.02. The Morgan fingerprint density at radius 2 is 1.43 bits per heavy atom. The number of nitrogens with zero attached hydrogens (tertiary/aromatic N) is 2. The molecule has 0 fully saturated rings. The highest BCUT2D eigenvalue weighted by Gasteiger charge is 2.19. The van der Waals surface area contributed by atoms with E-state index in [0.29, 0.717) is 0 Å². The van der Waals surface area contributed by atoms with Crippen molar-refractivity contribution in [3.05, 3.63) is 48.0 Å². The minimum absolute atomic E-state index is 0.123. The standard InChI is InChI=1S/C11H10N2O/c14-11-9-3-1-5-12(9)7-8-13-6-2-4-10(11)13/h1-6H,7-8H2. The van der Waals surface area contributed by atoms with Crippen molar-refractivity contribution in [2.75, 3.05) is 0 Å². The lowest BCUT2D eigenvalue weighted by Gasteiger charge is -2.02. The molecule has 0 spiro atoms. The minimum atomic E-state index is 0.123. The zero-order valence-electron chi connectivity index (χ0n) is 7.68. The average molecular weight is 186 g/mol. The van der Waals surface area contributed by atoms with Gasteiger partial charge < -0.3 is 9.13 Å². The molecule has 0 unspecified atom stereocenters. The average Bonchev–Trinajstić information content (AvgIpc) is 2.81. The van der Waals surface area contributed by atoms with Crippen LogP contribution < -0.4 is 0 Å². The molecule has 0 bridgehead atoms. The largest absolute Gasteiger partial charge is 0.343 e. The molecule has 2 aromatic rings. The molecule has 3 rings (SSSR count). The molecule has 0 radical (unpaired) electrons. The van der Waals surface area contributed by atoms with Crippen LogP contribution in [0.15, 0.2) is 36.7 Å². The molecule has 2 aromatic heterocycles. The van der Waals surface area contributed by atoms with Crippen molar-refractivity contribution in [1.29, 1.82) is 0 Å². The fourth-order valence-corrected chi connectivity index (χ4v) is 1.98. The first-order valence-corrected chi connectivity index (χ1v) is 4.71. The van der Waals surface area contributed by atoms with Gasteiger partial charge in [-0.15, -0.1) is 0 Å². The highest BCUT2D eigenvalue weighted by atomic mass is 16.1. The number of carbonyl (C=O) groups excluding carboxylic acids is 1. The van der Waals surface area contributed by atoms with Gasteiger partial charge in [-0.3, -0.25) is 4.79 Å². The van der Waals surface area contributed by atoms with E-state index in [4.69, 9.17) is 0 Å². The van der Waals surface area contributed by atoms with Crippen LogP contribution in [0.1, 0.15) is 16.2 Å². The Morgan fingerprint density at radius 3 is 1.93 bits per heavy atom. The smallest absolute Gasteiger partial charge is 0.225 e. The molecule has 70 valence electrons. The van der Waals surface area contributed by atoms with E-state index in [1.807, 2.05) is 45.8 Å². The van der Waals surface area contributed by atoms with E-state index in [0.717, 1.165) is 24.5 Å². The third-order valence-corrected chi connectivity index (χ3v) is 2.71. The van der Waals surface area contributed by atoms with Crippen LogP contribution in [0.5, 0.6) is 0 Å². The third-order valence-electron chi connectivity index (χ3n) is 2.71. The monoisotopic (exact) mass is 186 g/mol. The number of hydrogen-bond donors (Lipinski definition) is 0. The minimum Gasteiger partial charge on any atom is -0.343 e. The van der Waals surface area contributed by atoms with E-state index >= 15 is 0 Å². The van der Waals surface area contributed by atoms with E-state index in [2.05, 4.69) is 0 Å². The Hall–Kier alpha value is -1.77. The summed E-state index contributed by atoms with van der Waals surface area (Å²) >= 11 is 0. The van der Waals surface area contributed by atoms with Gasteiger partial charge in [0.1, 0.15) is 0 Å². The molecule has 14 heavy (non-hydrogen) atoms. The summed E-state index contributed by atoms with van der Waals surface area (Å²) in [5, 5.41) is 0. The lowest BCUT2D eigenvalue weighted by Crippen LogP contribution is -2.06. The number of carbonyl (C=O) groups is 1. The topological polar surface area (TPSA) is 26.9 Å². The molecule has 0 atom stereocenters. The maximum atomic E-state index is 12.0. The Bertz CT molecular complexity index is 449. The van der Waals surface area contributed by atoms with E-state index < -0.39 is 0 Å². The SMILES string of the molecule is O=C1c2cccn2CCn2cccc21. The van der Waals surface area contributed by atoms with Gasteiger partial charge in [-0.2, -0.15) is 0 Å². The van der Waals surface area contributed by atoms with Gasteiger partial charge in [0.05, 0.1) is 11.4 Å². The van der Waals surface area contributed by atoms with Crippen LogP contribution in [0.4, 0.5) is 0 Å². The van der Waals surface area contributed by atoms with Crippen LogP contribution in [-0.2, 0) is 13.1 Å². The summed E-state index contributed by atoms with van der Waals surface area (Å²) in [6.07, 6.45) is 3.92. The molecular formula is C11H10N2O. The third kappa shape index (κ3) is 0.894. The molecule has 0 aliphatic carbocycles. The summed E-state index contributed by atoms with van der Waals surface area (Å²) in [6, 6.07) is 7.60. The maximum Gasteiger partial charge on any atom is 0.225 e. The molecule has 1 aliphatic heterocycles. The first-order chi connectivity index (χ1) is 6.86. The molecule has 3 heterocycles. The maximum absolute atomic E-state index is 12.0. The molecule has 0 aromatic carbocycles. The van der Waals surface area contributed by atoms with Crippen LogP contribution in [0.3, 0.4) is 0 Å². The van der Waals surface area contributed by atoms with Crippen molar-refractivity contribution in [3.63, 3.8) is 0 Å². The fraction of sp³-hybridized carbons (Fsp3) is 0.182. The van der Waals surface area contributed by atoms with Crippen LogP contribution in [-0.4, -0.2) is 14.9 Å². The number of aryl methyl sites for hydroxylation is 2. The van der Waals surface area contributed by atoms with E-state index in [-0.39, 0.29) is 5.78 Å². The Balaban J connectivity index is 2.22. The van der Waals surface area contributed by atoms with Crippen molar-refractivity contribution in [3.8, 4) is 0 Å². The van der Waals surface area contributed by atoms with Gasteiger partial charge in [0.25, 0.3) is 0 Å². The van der Waals surface area contributed by atoms with Crippen LogP contribution in [0, 0.1) is 0 Å². The molecule has 0 amide bonds. The number of fused-ring (bicyclic) bond motifs is 2. The van der Waals surface area contributed by atoms with Crippen molar-refractivity contribution in [2.45, 2.75) is 13.1 Å². The number of aromatic nitrogens is 2. The van der Waals surface area contributed by atoms with Gasteiger partial charge in [0.2, 0.25) is 5.78 Å². The lowest BCUT2D eigenvalue weighted by atomic mass is 10.2. The first-order valence-electron chi connectivity index (χ1n) is 4.71. The lowest BCUT2D eigenvalue weighted by molar-refractivity contribution is 0.102. The van der Waals surface area contributed by atoms with Crippen molar-refractivity contribution < 1.29 is 4.79 Å². The number of ketones is 1. The highest BCUT2D eigenvalue weighted by Crippen LogP contribution is 2.15. The van der Waals surface area contributed by atoms with Crippen molar-refractivity contribution in [1.82, 2.24) is 9.13 Å². The van der Waals surface area contributed by atoms with Crippen molar-refractivity contribution >= 4 is 5.78 Å². The Morgan fingerprint density at radius 1 is 0.929 bits per heavy atom. The second kappa shape index (κ2) is 2.61. The van der Waals surface area contributed by atoms with Crippen molar-refractivity contribution in [2.24, 2.45) is 0 Å². The highest BCUT2D eigenvalue weighted by molar-refractivity contribution is 6.07. The van der Waals surface area contributed by atoms with Crippen LogP contribution in [0.25, 0.3) is 0 Å².